The van der Waals surface area contributed by atoms with Crippen molar-refractivity contribution >= 4 is 23.7 Å². The highest BCUT2D eigenvalue weighted by atomic mass is 16.5. The molecule has 9 unspecified atom stereocenters. The molecule has 12 aliphatic rings. The Labute approximate surface area is 582 Å². The third-order valence-corrected chi connectivity index (χ3v) is 32.7. The Kier molecular flexibility index (Phi) is 26.2. The maximum Gasteiger partial charge on any atom is 0.305 e. The highest BCUT2D eigenvalue weighted by Gasteiger charge is 2.71. The zero-order chi connectivity index (χ0) is 68.0. The Hall–Kier alpha value is -2.20. The second kappa shape index (κ2) is 31.0. The van der Waals surface area contributed by atoms with Gasteiger partial charge in [-0.3, -0.25) is 19.2 Å². The van der Waals surface area contributed by atoms with Gasteiger partial charge in [0.25, 0.3) is 0 Å². The first kappa shape index (κ1) is 81.1. The van der Waals surface area contributed by atoms with E-state index in [1.807, 2.05) is 0 Å². The number of carbonyl (C=O) groups excluding carboxylic acids is 2. The summed E-state index contributed by atoms with van der Waals surface area (Å²) in [5, 5.41) is 98.8. The Bertz CT molecular complexity index is 2610. The average Bonchev–Trinajstić information content (AvgIpc) is 1.22. The van der Waals surface area contributed by atoms with E-state index in [0.717, 1.165) is 109 Å². The SMILES string of the molecule is C.C.C.CC[C@H]1[C@@H](O)C2C3CC[C@H]([C@H](C)CCC(=O)O)[C@@]3(C)C[C@H](O)C2[C@@]2(C)CCCC[C@@H]12.CC[C@H]1[C@@H](O)C2C3CC[C@H]([C@H](C)CCC(=O)O)[C@@]3(C)C[C@H](O)C2[C@@]2(C)CC[C@@H](O)C[C@@H]12.CC[C@H]1[C@@H](O)C2C3CC[C@H]([C@H](C)CCC(=O)OC)[C@@]3(C)C[C@H](O)C2[C@@]2(C)CCC(=O)C[C@@H]12. The van der Waals surface area contributed by atoms with E-state index in [1.165, 1.54) is 32.8 Å². The minimum absolute atomic E-state index is 0. The molecule has 12 saturated carbocycles. The number of ketones is 1. The van der Waals surface area contributed by atoms with Crippen LogP contribution in [-0.4, -0.2) is 119 Å². The van der Waals surface area contributed by atoms with Crippen LogP contribution in [0, 0.1) is 157 Å². The van der Waals surface area contributed by atoms with Crippen molar-refractivity contribution in [1.82, 2.24) is 0 Å². The molecule has 96 heavy (non-hydrogen) atoms. The van der Waals surface area contributed by atoms with Crippen LogP contribution in [0.5, 0.6) is 0 Å². The van der Waals surface area contributed by atoms with Crippen LogP contribution in [0.3, 0.4) is 0 Å². The number of rotatable bonds is 15. The molecule has 0 bridgehead atoms. The fourth-order valence-corrected chi connectivity index (χ4v) is 28.8. The normalized spacial score (nSPS) is 49.5. The number of hydrogen-bond acceptors (Lipinski definition) is 12. The number of carboxylic acids is 2. The molecule has 12 rings (SSSR count). The van der Waals surface area contributed by atoms with Crippen LogP contribution in [0.2, 0.25) is 0 Å². The topological polar surface area (TPSA) is 260 Å². The first-order valence-corrected chi connectivity index (χ1v) is 38.6. The van der Waals surface area contributed by atoms with Crippen molar-refractivity contribution in [3.05, 3.63) is 0 Å². The van der Waals surface area contributed by atoms with Crippen molar-refractivity contribution in [2.45, 2.75) is 328 Å². The van der Waals surface area contributed by atoms with E-state index < -0.39 is 36.4 Å². The summed E-state index contributed by atoms with van der Waals surface area (Å²) in [5.74, 6) is 4.71. The van der Waals surface area contributed by atoms with Gasteiger partial charge in [-0.05, 0) is 272 Å². The number of hydrogen-bond donors (Lipinski definition) is 9. The number of carboxylic acid groups (broad SMARTS) is 2. The molecular formula is C82H144O14. The summed E-state index contributed by atoms with van der Waals surface area (Å²) in [5.41, 5.74) is -0.0180. The minimum atomic E-state index is -0.734. The van der Waals surface area contributed by atoms with Gasteiger partial charge < -0.3 is 50.7 Å². The molecule has 14 nitrogen and oxygen atoms in total. The first-order chi connectivity index (χ1) is 43.8. The van der Waals surface area contributed by atoms with Gasteiger partial charge in [0.1, 0.15) is 5.78 Å². The summed E-state index contributed by atoms with van der Waals surface area (Å²) in [6, 6.07) is 0. The summed E-state index contributed by atoms with van der Waals surface area (Å²) in [7, 11) is 1.44. The predicted molar refractivity (Wildman–Crippen MR) is 380 cm³/mol. The quantitative estimate of drug-likeness (QED) is 0.0691. The van der Waals surface area contributed by atoms with Gasteiger partial charge in [0.2, 0.25) is 0 Å². The molecule has 0 saturated heterocycles. The van der Waals surface area contributed by atoms with Crippen LogP contribution in [-0.2, 0) is 23.9 Å². The predicted octanol–water partition coefficient (Wildman–Crippen LogP) is 15.5. The monoisotopic (exact) mass is 1350 g/mol. The number of carbonyl (C=O) groups is 4. The molecule has 0 aromatic rings. The number of aliphatic hydroxyl groups is 7. The van der Waals surface area contributed by atoms with Crippen molar-refractivity contribution in [2.24, 2.45) is 157 Å². The van der Waals surface area contributed by atoms with E-state index >= 15 is 0 Å². The van der Waals surface area contributed by atoms with Crippen LogP contribution < -0.4 is 0 Å². The maximum atomic E-state index is 12.4. The first-order valence-electron chi connectivity index (χ1n) is 38.6. The molecule has 0 aromatic heterocycles. The molecule has 12 aliphatic carbocycles. The summed E-state index contributed by atoms with van der Waals surface area (Å²) in [4.78, 5) is 46.4. The Balaban J connectivity index is 0.000000200. The lowest BCUT2D eigenvalue weighted by Crippen LogP contribution is -2.65. The van der Waals surface area contributed by atoms with Crippen molar-refractivity contribution in [2.75, 3.05) is 7.11 Å². The van der Waals surface area contributed by atoms with Gasteiger partial charge in [-0.15, -0.1) is 0 Å². The highest BCUT2D eigenvalue weighted by Crippen LogP contribution is 2.73. The molecule has 0 amide bonds. The standard InChI is InChI=1S/C27H44O5.C26H44O5.C26H44O4.3CH4/c1-6-17-20-13-16(28)11-12-26(20,3)24-21(29)14-27(4)18(15(2)7-10-22(30)32-5)8-9-19(27)23(24)25(17)31;1-5-16-19-12-15(27)10-11-25(19,3)23-20(28)13-26(4)17(14(2)6-9-21(29)30)7-8-18(26)22(23)24(16)31;1-5-16-18-8-6-7-13-25(18,3)23-20(27)14-26(4)17(15(2)9-12-21(28)29)10-11-19(26)22(23)24(16)30;;;/h15,17-21,23-25,29,31H,6-14H2,1-5H3;14-20,22-24,27-28,31H,5-13H2,1-4H3,(H,29,30);15-20,22-24,27,30H,5-14H2,1-4H3,(H,28,29);3*1H4/t15-,17-,18-,19?,20+,21+,23?,24?,25-,26+,27-;14-,15-,16-,17-,18?,19+,20+,22?,23?,24-,25+,26-;15-,16-,17-,18+,19?,20+,22?,23?,24-,25+,26-;;;/m111.../s1. The van der Waals surface area contributed by atoms with Gasteiger partial charge in [0.05, 0.1) is 49.8 Å². The lowest BCUT2D eigenvalue weighted by Gasteiger charge is -2.66. The van der Waals surface area contributed by atoms with E-state index in [0.29, 0.717) is 103 Å². The van der Waals surface area contributed by atoms with Crippen LogP contribution in [0.25, 0.3) is 0 Å². The lowest BCUT2D eigenvalue weighted by atomic mass is 9.40. The Morgan fingerprint density at radius 1 is 0.458 bits per heavy atom. The van der Waals surface area contributed by atoms with Crippen molar-refractivity contribution in [3.8, 4) is 0 Å². The third-order valence-electron chi connectivity index (χ3n) is 32.7. The van der Waals surface area contributed by atoms with Gasteiger partial charge in [-0.2, -0.15) is 0 Å². The second-order valence-electron chi connectivity index (χ2n) is 36.4. The Morgan fingerprint density at radius 2 is 0.823 bits per heavy atom. The van der Waals surface area contributed by atoms with E-state index in [4.69, 9.17) is 14.9 Å². The van der Waals surface area contributed by atoms with Crippen LogP contribution in [0.4, 0.5) is 0 Å². The number of ether oxygens (including phenoxy) is 1. The number of aliphatic hydroxyl groups excluding tert-OH is 7. The molecule has 0 aromatic carbocycles. The van der Waals surface area contributed by atoms with Crippen LogP contribution in [0.15, 0.2) is 0 Å². The van der Waals surface area contributed by atoms with Gasteiger partial charge in [0, 0.05) is 32.1 Å². The van der Waals surface area contributed by atoms with E-state index in [9.17, 15) is 54.9 Å². The third kappa shape index (κ3) is 13.7. The second-order valence-corrected chi connectivity index (χ2v) is 36.4. The van der Waals surface area contributed by atoms with E-state index in [1.54, 1.807) is 0 Å². The summed E-state index contributed by atoms with van der Waals surface area (Å²) >= 11 is 0. The fraction of sp³-hybridized carbons (Fsp3) is 0.951. The number of fused-ring (bicyclic) bond motifs is 15. The van der Waals surface area contributed by atoms with Crippen LogP contribution in [0.1, 0.15) is 285 Å². The number of esters is 1. The minimum Gasteiger partial charge on any atom is -0.481 e. The largest absolute Gasteiger partial charge is 0.481 e. The average molecular weight is 1350 g/mol. The molecule has 12 fully saturated rings. The van der Waals surface area contributed by atoms with Crippen molar-refractivity contribution in [3.63, 3.8) is 0 Å². The summed E-state index contributed by atoms with van der Waals surface area (Å²) < 4.78 is 4.85. The highest BCUT2D eigenvalue weighted by molar-refractivity contribution is 5.79. The zero-order valence-electron chi connectivity index (χ0n) is 60.0. The number of methoxy groups -OCH3 is 1. The van der Waals surface area contributed by atoms with E-state index in [-0.39, 0.29) is 151 Å². The molecule has 0 spiro atoms. The maximum absolute atomic E-state index is 12.4. The molecule has 0 radical (unpaired) electrons. The van der Waals surface area contributed by atoms with Crippen molar-refractivity contribution in [1.29, 1.82) is 0 Å². The van der Waals surface area contributed by atoms with E-state index in [2.05, 4.69) is 83.1 Å². The Morgan fingerprint density at radius 3 is 1.21 bits per heavy atom. The number of aliphatic carboxylic acids is 2. The lowest BCUT2D eigenvalue weighted by molar-refractivity contribution is -0.235. The zero-order valence-corrected chi connectivity index (χ0v) is 60.0. The van der Waals surface area contributed by atoms with Gasteiger partial charge in [0.15, 0.2) is 0 Å². The molecule has 34 atom stereocenters. The molecule has 556 valence electrons. The molecule has 0 heterocycles. The molecule has 14 heteroatoms. The number of Topliss-reactive ketones (excluding diaryl/α,β-unsaturated/α-hetero) is 1. The van der Waals surface area contributed by atoms with Gasteiger partial charge in [-0.1, -0.05) is 137 Å². The van der Waals surface area contributed by atoms with Gasteiger partial charge >= 0.3 is 17.9 Å². The van der Waals surface area contributed by atoms with Crippen molar-refractivity contribution < 1.29 is 69.9 Å². The molecule has 9 N–H and O–H groups in total. The van der Waals surface area contributed by atoms with Gasteiger partial charge in [-0.25, -0.2) is 0 Å². The fourth-order valence-electron chi connectivity index (χ4n) is 28.8. The molecular weight excluding hydrogens is 1210 g/mol. The summed E-state index contributed by atoms with van der Waals surface area (Å²) in [6.45, 7) is 27.3. The summed E-state index contributed by atoms with van der Waals surface area (Å²) in [6.07, 6.45) is 21.6. The smallest absolute Gasteiger partial charge is 0.305 e. The molecule has 0 aliphatic heterocycles. The van der Waals surface area contributed by atoms with Crippen LogP contribution >= 0.6 is 0 Å².